The minimum Gasteiger partial charge on any atom is -0.480 e. The average molecular weight is 514 g/mol. The first-order chi connectivity index (χ1) is 17.9. The van der Waals surface area contributed by atoms with Gasteiger partial charge in [-0.3, -0.25) is 0 Å². The smallest absolute Gasteiger partial charge is 0.416 e. The van der Waals surface area contributed by atoms with Crippen LogP contribution in [0.5, 0.6) is 5.88 Å². The van der Waals surface area contributed by atoms with E-state index in [4.69, 9.17) is 14.8 Å². The Bertz CT molecular complexity index is 1250. The van der Waals surface area contributed by atoms with Gasteiger partial charge in [0.2, 0.25) is 11.8 Å². The van der Waals surface area contributed by atoms with E-state index in [1.54, 1.807) is 19.4 Å². The van der Waals surface area contributed by atoms with Crippen molar-refractivity contribution in [1.82, 2.24) is 25.0 Å². The van der Waals surface area contributed by atoms with Gasteiger partial charge in [-0.05, 0) is 49.1 Å². The number of ether oxygens (including phenoxy) is 1. The molecule has 2 aliphatic heterocycles. The molecule has 1 N–H and O–H groups in total. The predicted octanol–water partition coefficient (Wildman–Crippen LogP) is 4.74. The summed E-state index contributed by atoms with van der Waals surface area (Å²) in [5.74, 6) is 2.49. The highest BCUT2D eigenvalue weighted by Crippen LogP contribution is 2.41. The molecule has 4 atom stereocenters. The van der Waals surface area contributed by atoms with E-state index < -0.39 is 11.7 Å². The Morgan fingerprint density at radius 1 is 1.05 bits per heavy atom. The van der Waals surface area contributed by atoms with Crippen molar-refractivity contribution in [2.24, 2.45) is 11.8 Å². The van der Waals surface area contributed by atoms with Gasteiger partial charge in [0, 0.05) is 37.7 Å². The third-order valence-corrected chi connectivity index (χ3v) is 8.06. The fourth-order valence-corrected chi connectivity index (χ4v) is 6.25. The average Bonchev–Trinajstić information content (AvgIpc) is 3.30. The lowest BCUT2D eigenvalue weighted by atomic mass is 9.92. The van der Waals surface area contributed by atoms with Crippen LogP contribution in [-0.4, -0.2) is 51.2 Å². The topological polar surface area (TPSA) is 81.0 Å². The molecule has 37 heavy (non-hydrogen) atoms. The maximum atomic E-state index is 13.4. The first kappa shape index (κ1) is 24.0. The standard InChI is InChI=1S/C26H30F3N7O/c1-37-22-12-20(13-30-33-22)35-14-17-8-9-18(15-35)23(17)31-25-32-24-21(7-2-3-10-36(24)34-25)16-5-4-6-19(11-16)26(27,28)29/h4-6,11-13,17-18,21,23H,2-3,7-10,14-15H2,1H3,(H,31,34)/t17-,18+,21-,23?/m0/s1. The molecule has 8 nitrogen and oxygen atoms in total. The summed E-state index contributed by atoms with van der Waals surface area (Å²) in [6.45, 7) is 2.51. The molecule has 1 unspecified atom stereocenters. The van der Waals surface area contributed by atoms with Crippen molar-refractivity contribution in [2.45, 2.75) is 56.8 Å². The molecule has 0 spiro atoms. The van der Waals surface area contributed by atoms with Crippen LogP contribution in [0.1, 0.15) is 55.0 Å². The Morgan fingerprint density at radius 2 is 1.86 bits per heavy atom. The molecule has 3 aliphatic rings. The number of nitrogens with one attached hydrogen (secondary N) is 1. The van der Waals surface area contributed by atoms with Gasteiger partial charge in [-0.2, -0.15) is 23.3 Å². The molecule has 6 rings (SSSR count). The summed E-state index contributed by atoms with van der Waals surface area (Å²) < 4.78 is 47.2. The van der Waals surface area contributed by atoms with Crippen LogP contribution in [0.4, 0.5) is 24.8 Å². The van der Waals surface area contributed by atoms with Crippen LogP contribution >= 0.6 is 0 Å². The van der Waals surface area contributed by atoms with Crippen LogP contribution in [0.15, 0.2) is 36.5 Å². The summed E-state index contributed by atoms with van der Waals surface area (Å²) in [5.41, 5.74) is 1.04. The Labute approximate surface area is 213 Å². The number of halogens is 3. The highest BCUT2D eigenvalue weighted by molar-refractivity contribution is 5.48. The zero-order chi connectivity index (χ0) is 25.6. The molecule has 11 heteroatoms. The molecule has 4 heterocycles. The monoisotopic (exact) mass is 513 g/mol. The number of aromatic nitrogens is 5. The third kappa shape index (κ3) is 4.71. The first-order valence-corrected chi connectivity index (χ1v) is 12.9. The van der Waals surface area contributed by atoms with Crippen LogP contribution in [0.3, 0.4) is 0 Å². The molecule has 1 aromatic carbocycles. The number of alkyl halides is 3. The van der Waals surface area contributed by atoms with Gasteiger partial charge in [0.25, 0.3) is 0 Å². The fraction of sp³-hybridized carbons (Fsp3) is 0.538. The van der Waals surface area contributed by atoms with Gasteiger partial charge in [0.15, 0.2) is 0 Å². The van der Waals surface area contributed by atoms with Gasteiger partial charge in [0.1, 0.15) is 5.82 Å². The number of nitrogens with zero attached hydrogens (tertiary/aromatic N) is 6. The lowest BCUT2D eigenvalue weighted by Gasteiger charge is -2.39. The van der Waals surface area contributed by atoms with Crippen molar-refractivity contribution in [3.63, 3.8) is 0 Å². The van der Waals surface area contributed by atoms with Crippen molar-refractivity contribution >= 4 is 11.6 Å². The summed E-state index contributed by atoms with van der Waals surface area (Å²) >= 11 is 0. The molecule has 2 fully saturated rings. The van der Waals surface area contributed by atoms with E-state index in [1.165, 1.54) is 12.1 Å². The SMILES string of the molecule is COc1cc(N2C[C@H]3CC[C@@H](C2)C3Nc2nc3n(n2)CCCC[C@H]3c2cccc(C(F)(F)F)c2)cnn1. The van der Waals surface area contributed by atoms with Crippen molar-refractivity contribution < 1.29 is 17.9 Å². The number of piperidine rings is 1. The van der Waals surface area contributed by atoms with Crippen LogP contribution < -0.4 is 15.0 Å². The van der Waals surface area contributed by atoms with Crippen molar-refractivity contribution in [2.75, 3.05) is 30.4 Å². The second-order valence-corrected chi connectivity index (χ2v) is 10.3. The van der Waals surface area contributed by atoms with Gasteiger partial charge in [0.05, 0.1) is 24.6 Å². The van der Waals surface area contributed by atoms with E-state index in [1.807, 2.05) is 10.7 Å². The molecule has 196 valence electrons. The van der Waals surface area contributed by atoms with Gasteiger partial charge < -0.3 is 15.0 Å². The van der Waals surface area contributed by atoms with Crippen LogP contribution in [0.25, 0.3) is 0 Å². The lowest BCUT2D eigenvalue weighted by Crippen LogP contribution is -2.48. The lowest BCUT2D eigenvalue weighted by molar-refractivity contribution is -0.137. The maximum absolute atomic E-state index is 13.4. The summed E-state index contributed by atoms with van der Waals surface area (Å²) in [6.07, 6.45) is 2.25. The molecule has 1 saturated heterocycles. The number of anilines is 2. The normalized spacial score (nSPS) is 25.5. The Hall–Kier alpha value is -3.37. The summed E-state index contributed by atoms with van der Waals surface area (Å²) in [4.78, 5) is 7.21. The first-order valence-electron chi connectivity index (χ1n) is 12.9. The molecule has 1 saturated carbocycles. The maximum Gasteiger partial charge on any atom is 0.416 e. The summed E-state index contributed by atoms with van der Waals surface area (Å²) in [6, 6.07) is 7.83. The molecule has 0 amide bonds. The fourth-order valence-electron chi connectivity index (χ4n) is 6.25. The highest BCUT2D eigenvalue weighted by atomic mass is 19.4. The largest absolute Gasteiger partial charge is 0.480 e. The third-order valence-electron chi connectivity index (χ3n) is 8.06. The number of benzene rings is 1. The van der Waals surface area contributed by atoms with Crippen LogP contribution in [0.2, 0.25) is 0 Å². The second kappa shape index (κ2) is 9.50. The van der Waals surface area contributed by atoms with Crippen molar-refractivity contribution in [3.05, 3.63) is 53.5 Å². The molecule has 2 bridgehead atoms. The molecular formula is C26H30F3N7O. The number of hydrogen-bond donors (Lipinski definition) is 1. The molecule has 1 aliphatic carbocycles. The van der Waals surface area contributed by atoms with E-state index in [0.717, 1.165) is 69.3 Å². The van der Waals surface area contributed by atoms with E-state index >= 15 is 0 Å². The Kier molecular flexibility index (Phi) is 6.16. The minimum atomic E-state index is -4.37. The number of hydrogen-bond acceptors (Lipinski definition) is 7. The predicted molar refractivity (Wildman–Crippen MR) is 132 cm³/mol. The van der Waals surface area contributed by atoms with E-state index in [-0.39, 0.29) is 12.0 Å². The number of rotatable bonds is 5. The summed E-state index contributed by atoms with van der Waals surface area (Å²) in [5, 5.41) is 16.4. The number of methoxy groups -OCH3 is 1. The van der Waals surface area contributed by atoms with Gasteiger partial charge >= 0.3 is 6.18 Å². The number of fused-ring (bicyclic) bond motifs is 3. The van der Waals surface area contributed by atoms with E-state index in [9.17, 15) is 13.2 Å². The van der Waals surface area contributed by atoms with E-state index in [2.05, 4.69) is 20.4 Å². The Balaban J connectivity index is 1.21. The zero-order valence-corrected chi connectivity index (χ0v) is 20.7. The molecular weight excluding hydrogens is 483 g/mol. The van der Waals surface area contributed by atoms with E-state index in [0.29, 0.717) is 29.2 Å². The molecule has 0 radical (unpaired) electrons. The highest BCUT2D eigenvalue weighted by Gasteiger charge is 2.43. The zero-order valence-electron chi connectivity index (χ0n) is 20.7. The van der Waals surface area contributed by atoms with Crippen LogP contribution in [-0.2, 0) is 12.7 Å². The molecule has 3 aromatic rings. The summed E-state index contributed by atoms with van der Waals surface area (Å²) in [7, 11) is 1.59. The number of aryl methyl sites for hydroxylation is 1. The molecule has 2 aromatic heterocycles. The van der Waals surface area contributed by atoms with Crippen molar-refractivity contribution in [1.29, 1.82) is 0 Å². The Morgan fingerprint density at radius 3 is 2.62 bits per heavy atom. The second-order valence-electron chi connectivity index (χ2n) is 10.3. The van der Waals surface area contributed by atoms with Gasteiger partial charge in [-0.15, -0.1) is 10.2 Å². The van der Waals surface area contributed by atoms with Crippen LogP contribution in [0, 0.1) is 11.8 Å². The van der Waals surface area contributed by atoms with Gasteiger partial charge in [-0.25, -0.2) is 4.68 Å². The van der Waals surface area contributed by atoms with Gasteiger partial charge in [-0.1, -0.05) is 24.6 Å². The minimum absolute atomic E-state index is 0.208. The van der Waals surface area contributed by atoms with Crippen molar-refractivity contribution in [3.8, 4) is 5.88 Å². The quantitative estimate of drug-likeness (QED) is 0.528.